The zero-order valence-electron chi connectivity index (χ0n) is 17.9. The van der Waals surface area contributed by atoms with Crippen LogP contribution in [0.25, 0.3) is 6.08 Å². The lowest BCUT2D eigenvalue weighted by Crippen LogP contribution is -2.37. The molecule has 1 aromatic rings. The fourth-order valence-corrected chi connectivity index (χ4v) is 2.70. The van der Waals surface area contributed by atoms with Crippen molar-refractivity contribution in [1.82, 2.24) is 4.90 Å². The van der Waals surface area contributed by atoms with E-state index in [-0.39, 0.29) is 18.3 Å². The van der Waals surface area contributed by atoms with Crippen LogP contribution in [0.2, 0.25) is 0 Å². The number of methoxy groups -OCH3 is 2. The molecule has 0 atom stereocenters. The summed E-state index contributed by atoms with van der Waals surface area (Å²) in [6, 6.07) is 3.27. The third kappa shape index (κ3) is 6.37. The van der Waals surface area contributed by atoms with E-state index in [2.05, 4.69) is 0 Å². The first-order chi connectivity index (χ1) is 14.1. The second-order valence-electron chi connectivity index (χ2n) is 7.48. The zero-order valence-corrected chi connectivity index (χ0v) is 17.9. The van der Waals surface area contributed by atoms with Crippen molar-refractivity contribution in [2.45, 2.75) is 32.8 Å². The van der Waals surface area contributed by atoms with Crippen LogP contribution in [0.1, 0.15) is 32.8 Å². The van der Waals surface area contributed by atoms with Crippen molar-refractivity contribution < 1.29 is 33.3 Å². The van der Waals surface area contributed by atoms with Gasteiger partial charge in [-0.25, -0.2) is 4.79 Å². The molecule has 0 radical (unpaired) electrons. The smallest absolute Gasteiger partial charge is 0.344 e. The Morgan fingerprint density at radius 2 is 1.77 bits per heavy atom. The Morgan fingerprint density at radius 1 is 1.13 bits per heavy atom. The molecule has 1 aliphatic rings. The fourth-order valence-electron chi connectivity index (χ4n) is 2.70. The lowest BCUT2D eigenvalue weighted by atomic mass is 10.1. The largest absolute Gasteiger partial charge is 0.493 e. The third-order valence-corrected chi connectivity index (χ3v) is 3.97. The summed E-state index contributed by atoms with van der Waals surface area (Å²) < 4.78 is 21.5. The van der Waals surface area contributed by atoms with Crippen molar-refractivity contribution in [3.05, 3.63) is 35.9 Å². The first kappa shape index (κ1) is 23.0. The second kappa shape index (κ2) is 9.96. The number of hydrogen-bond acceptors (Lipinski definition) is 7. The van der Waals surface area contributed by atoms with Gasteiger partial charge in [-0.2, -0.15) is 0 Å². The summed E-state index contributed by atoms with van der Waals surface area (Å²) in [5, 5.41) is 0. The van der Waals surface area contributed by atoms with Gasteiger partial charge < -0.3 is 18.9 Å². The maximum Gasteiger partial charge on any atom is 0.344 e. The van der Waals surface area contributed by atoms with Crippen LogP contribution >= 0.6 is 0 Å². The second-order valence-corrected chi connectivity index (χ2v) is 7.48. The summed E-state index contributed by atoms with van der Waals surface area (Å²) in [6.45, 7) is 5.33. The van der Waals surface area contributed by atoms with Crippen LogP contribution in [0, 0.1) is 0 Å². The highest BCUT2D eigenvalue weighted by Gasteiger charge is 2.21. The number of rotatable bonds is 7. The van der Waals surface area contributed by atoms with E-state index in [0.717, 1.165) is 0 Å². The van der Waals surface area contributed by atoms with Crippen molar-refractivity contribution >= 4 is 23.9 Å². The lowest BCUT2D eigenvalue weighted by Gasteiger charge is -2.20. The van der Waals surface area contributed by atoms with E-state index in [1.54, 1.807) is 45.1 Å². The number of esters is 1. The number of amides is 2. The van der Waals surface area contributed by atoms with E-state index in [0.29, 0.717) is 30.0 Å². The Balaban J connectivity index is 2.17. The van der Waals surface area contributed by atoms with Crippen molar-refractivity contribution in [3.63, 3.8) is 0 Å². The van der Waals surface area contributed by atoms with E-state index in [9.17, 15) is 14.4 Å². The van der Waals surface area contributed by atoms with Crippen LogP contribution in [0.3, 0.4) is 0 Å². The van der Waals surface area contributed by atoms with Crippen molar-refractivity contribution in [3.8, 4) is 17.2 Å². The van der Waals surface area contributed by atoms with Gasteiger partial charge >= 0.3 is 5.97 Å². The number of carbonyl (C=O) groups excluding carboxylic acids is 3. The number of ether oxygens (including phenoxy) is 4. The summed E-state index contributed by atoms with van der Waals surface area (Å²) in [6.07, 6.45) is 6.62. The van der Waals surface area contributed by atoms with Gasteiger partial charge in [0.25, 0.3) is 11.8 Å². The molecule has 0 aromatic heterocycles. The molecule has 1 aliphatic heterocycles. The van der Waals surface area contributed by atoms with E-state index < -0.39 is 17.5 Å². The van der Waals surface area contributed by atoms with Gasteiger partial charge in [-0.3, -0.25) is 14.5 Å². The Bertz CT molecular complexity index is 840. The van der Waals surface area contributed by atoms with Crippen molar-refractivity contribution in [2.24, 2.45) is 0 Å². The van der Waals surface area contributed by atoms with E-state index in [4.69, 9.17) is 18.9 Å². The van der Waals surface area contributed by atoms with Gasteiger partial charge in [-0.15, -0.1) is 0 Å². The number of carbonyl (C=O) groups is 3. The number of nitrogens with zero attached hydrogens (tertiary/aromatic N) is 1. The Hall–Kier alpha value is -3.29. The average molecular weight is 417 g/mol. The van der Waals surface area contributed by atoms with Gasteiger partial charge in [0.05, 0.1) is 14.2 Å². The maximum atomic E-state index is 12.3. The predicted octanol–water partition coefficient (Wildman–Crippen LogP) is 2.75. The number of hydrogen-bond donors (Lipinski definition) is 0. The molecule has 1 heterocycles. The minimum atomic E-state index is -0.624. The molecule has 0 saturated heterocycles. The van der Waals surface area contributed by atoms with Crippen LogP contribution < -0.4 is 14.2 Å². The SMILES string of the molecule is COc1cc(/C=C/C(=O)N2CCC=CC2=O)cc(OC)c1OCC(=O)OC(C)(C)C. The molecule has 30 heavy (non-hydrogen) atoms. The Labute approximate surface area is 176 Å². The van der Waals surface area contributed by atoms with E-state index in [1.165, 1.54) is 31.3 Å². The van der Waals surface area contributed by atoms with Crippen LogP contribution in [0.5, 0.6) is 17.2 Å². The molecule has 0 saturated carbocycles. The molecule has 0 spiro atoms. The number of benzene rings is 1. The topological polar surface area (TPSA) is 91.4 Å². The van der Waals surface area contributed by atoms with Crippen LogP contribution in [0.15, 0.2) is 30.4 Å². The molecule has 0 aliphatic carbocycles. The van der Waals surface area contributed by atoms with Crippen LogP contribution in [0.4, 0.5) is 0 Å². The average Bonchev–Trinajstić information content (AvgIpc) is 2.69. The lowest BCUT2D eigenvalue weighted by molar-refractivity contribution is -0.157. The summed E-state index contributed by atoms with van der Waals surface area (Å²) in [5.41, 5.74) is -0.0249. The fraction of sp³-hybridized carbons (Fsp3) is 0.409. The highest BCUT2D eigenvalue weighted by atomic mass is 16.6. The molecular weight excluding hydrogens is 390 g/mol. The van der Waals surface area contributed by atoms with Gasteiger partial charge in [0, 0.05) is 12.6 Å². The molecule has 2 amide bonds. The Morgan fingerprint density at radius 3 is 2.30 bits per heavy atom. The van der Waals surface area contributed by atoms with Crippen molar-refractivity contribution in [2.75, 3.05) is 27.4 Å². The van der Waals surface area contributed by atoms with E-state index in [1.807, 2.05) is 0 Å². The van der Waals surface area contributed by atoms with Gasteiger partial charge in [0.2, 0.25) is 5.75 Å². The minimum Gasteiger partial charge on any atom is -0.493 e. The van der Waals surface area contributed by atoms with Crippen LogP contribution in [-0.4, -0.2) is 55.7 Å². The summed E-state index contributed by atoms with van der Waals surface area (Å²) in [5.74, 6) is -0.388. The monoisotopic (exact) mass is 417 g/mol. The molecule has 162 valence electrons. The normalized spacial score (nSPS) is 14.0. The molecule has 2 rings (SSSR count). The quantitative estimate of drug-likeness (QED) is 0.498. The minimum absolute atomic E-state index is 0.241. The van der Waals surface area contributed by atoms with Crippen LogP contribution in [-0.2, 0) is 19.1 Å². The summed E-state index contributed by atoms with van der Waals surface area (Å²) >= 11 is 0. The van der Waals surface area contributed by atoms with Gasteiger partial charge in [0.1, 0.15) is 5.60 Å². The molecule has 0 N–H and O–H groups in total. The van der Waals surface area contributed by atoms with Gasteiger partial charge in [-0.1, -0.05) is 6.08 Å². The highest BCUT2D eigenvalue weighted by molar-refractivity contribution is 6.06. The number of imide groups is 1. The molecule has 8 heteroatoms. The third-order valence-electron chi connectivity index (χ3n) is 3.97. The summed E-state index contributed by atoms with van der Waals surface area (Å²) in [7, 11) is 2.90. The Kier molecular flexibility index (Phi) is 7.63. The molecule has 0 bridgehead atoms. The molecule has 0 fully saturated rings. The van der Waals surface area contributed by atoms with E-state index >= 15 is 0 Å². The van der Waals surface area contributed by atoms with Gasteiger partial charge in [0.15, 0.2) is 18.1 Å². The predicted molar refractivity (Wildman–Crippen MR) is 110 cm³/mol. The maximum absolute atomic E-state index is 12.3. The molecule has 8 nitrogen and oxygen atoms in total. The molecular formula is C22H27NO7. The molecule has 1 aromatic carbocycles. The first-order valence-electron chi connectivity index (χ1n) is 9.45. The first-order valence-corrected chi connectivity index (χ1v) is 9.45. The standard InChI is InChI=1S/C22H27NO7/c1-22(2,3)30-20(26)14-29-21-16(27-4)12-15(13-17(21)28-5)9-10-19(25)23-11-7-6-8-18(23)24/h6,8-10,12-13H,7,11,14H2,1-5H3/b10-9+. The van der Waals surface area contributed by atoms with Gasteiger partial charge in [-0.05, 0) is 57.0 Å². The highest BCUT2D eigenvalue weighted by Crippen LogP contribution is 2.39. The molecule has 0 unspecified atom stereocenters. The summed E-state index contributed by atoms with van der Waals surface area (Å²) in [4.78, 5) is 37.2. The zero-order chi connectivity index (χ0) is 22.3. The van der Waals surface area contributed by atoms with Crippen molar-refractivity contribution in [1.29, 1.82) is 0 Å².